The fourth-order valence-electron chi connectivity index (χ4n) is 3.08. The third kappa shape index (κ3) is 4.97. The van der Waals surface area contributed by atoms with E-state index in [9.17, 15) is 18.0 Å². The van der Waals surface area contributed by atoms with Gasteiger partial charge in [-0.15, -0.1) is 0 Å². The Hall–Kier alpha value is -3.11. The molecule has 1 aliphatic rings. The number of methoxy groups -OCH3 is 1. The average molecular weight is 448 g/mol. The minimum atomic E-state index is -3.96. The highest BCUT2D eigenvalue weighted by atomic mass is 32.2. The summed E-state index contributed by atoms with van der Waals surface area (Å²) in [6.07, 6.45) is -0.729. The molecular formula is C21H25N3O6S. The second kappa shape index (κ2) is 8.94. The SMILES string of the molecule is COc1ccc(CNC(=O)CN(C)S(=O)(=O)c2cc3c(cc2C)NC(=O)C(C)O3)cc1. The van der Waals surface area contributed by atoms with Crippen molar-refractivity contribution in [2.45, 2.75) is 31.4 Å². The lowest BCUT2D eigenvalue weighted by molar-refractivity contribution is -0.123. The number of carbonyl (C=O) groups excluding carboxylic acids is 2. The third-order valence-electron chi connectivity index (χ3n) is 4.91. The lowest BCUT2D eigenvalue weighted by atomic mass is 10.1. The number of aryl methyl sites for hydroxylation is 1. The Balaban J connectivity index is 1.69. The summed E-state index contributed by atoms with van der Waals surface area (Å²) in [6.45, 7) is 3.11. The first-order valence-electron chi connectivity index (χ1n) is 9.60. The molecule has 3 rings (SSSR count). The number of sulfonamides is 1. The van der Waals surface area contributed by atoms with Crippen molar-refractivity contribution in [2.24, 2.45) is 0 Å². The van der Waals surface area contributed by atoms with E-state index in [4.69, 9.17) is 9.47 Å². The van der Waals surface area contributed by atoms with Crippen molar-refractivity contribution >= 4 is 27.5 Å². The summed E-state index contributed by atoms with van der Waals surface area (Å²) in [6, 6.07) is 10.1. The van der Waals surface area contributed by atoms with Crippen LogP contribution in [-0.4, -0.2) is 51.3 Å². The Bertz CT molecular complexity index is 1100. The molecule has 2 amide bonds. The Kier molecular flexibility index (Phi) is 6.51. The van der Waals surface area contributed by atoms with Crippen molar-refractivity contribution in [3.63, 3.8) is 0 Å². The van der Waals surface area contributed by atoms with Gasteiger partial charge in [0, 0.05) is 19.7 Å². The van der Waals surface area contributed by atoms with Gasteiger partial charge in [0.05, 0.1) is 24.2 Å². The lowest BCUT2D eigenvalue weighted by Crippen LogP contribution is -2.38. The molecule has 1 unspecified atom stereocenters. The quantitative estimate of drug-likeness (QED) is 0.667. The van der Waals surface area contributed by atoms with Crippen molar-refractivity contribution in [2.75, 3.05) is 26.0 Å². The summed E-state index contributed by atoms with van der Waals surface area (Å²) in [5.41, 5.74) is 1.71. The number of nitrogens with zero attached hydrogens (tertiary/aromatic N) is 1. The van der Waals surface area contributed by atoms with Gasteiger partial charge in [-0.1, -0.05) is 12.1 Å². The van der Waals surface area contributed by atoms with Gasteiger partial charge in [-0.2, -0.15) is 4.31 Å². The van der Waals surface area contributed by atoms with Gasteiger partial charge in [0.15, 0.2) is 6.10 Å². The van der Waals surface area contributed by atoms with Gasteiger partial charge in [0.2, 0.25) is 15.9 Å². The smallest absolute Gasteiger partial charge is 0.265 e. The monoisotopic (exact) mass is 447 g/mol. The molecule has 10 heteroatoms. The van der Waals surface area contributed by atoms with Gasteiger partial charge in [-0.25, -0.2) is 8.42 Å². The highest BCUT2D eigenvalue weighted by Crippen LogP contribution is 2.35. The fraction of sp³-hybridized carbons (Fsp3) is 0.333. The molecule has 0 aromatic heterocycles. The molecule has 0 bridgehead atoms. The van der Waals surface area contributed by atoms with Crippen LogP contribution in [0, 0.1) is 6.92 Å². The van der Waals surface area contributed by atoms with Crippen LogP contribution in [0.2, 0.25) is 0 Å². The topological polar surface area (TPSA) is 114 Å². The van der Waals surface area contributed by atoms with Gasteiger partial charge in [0.25, 0.3) is 5.91 Å². The zero-order valence-electron chi connectivity index (χ0n) is 17.8. The number of nitrogens with one attached hydrogen (secondary N) is 2. The summed E-state index contributed by atoms with van der Waals surface area (Å²) >= 11 is 0. The maximum Gasteiger partial charge on any atom is 0.265 e. The molecule has 0 saturated heterocycles. The van der Waals surface area contributed by atoms with Crippen LogP contribution in [0.15, 0.2) is 41.3 Å². The van der Waals surface area contributed by atoms with Crippen LogP contribution in [-0.2, 0) is 26.2 Å². The van der Waals surface area contributed by atoms with Crippen LogP contribution in [0.5, 0.6) is 11.5 Å². The molecule has 0 fully saturated rings. The summed E-state index contributed by atoms with van der Waals surface area (Å²) in [4.78, 5) is 24.1. The Labute approximate surface area is 181 Å². The largest absolute Gasteiger partial charge is 0.497 e. The van der Waals surface area contributed by atoms with Crippen molar-refractivity contribution in [3.8, 4) is 11.5 Å². The van der Waals surface area contributed by atoms with E-state index in [1.165, 1.54) is 13.1 Å². The van der Waals surface area contributed by atoms with Crippen LogP contribution >= 0.6 is 0 Å². The summed E-state index contributed by atoms with van der Waals surface area (Å²) in [5, 5.41) is 5.39. The maximum absolute atomic E-state index is 13.1. The lowest BCUT2D eigenvalue weighted by Gasteiger charge is -2.25. The predicted molar refractivity (Wildman–Crippen MR) is 115 cm³/mol. The normalized spacial score (nSPS) is 15.6. The highest BCUT2D eigenvalue weighted by molar-refractivity contribution is 7.89. The number of carbonyl (C=O) groups is 2. The molecule has 31 heavy (non-hydrogen) atoms. The zero-order valence-corrected chi connectivity index (χ0v) is 18.6. The first-order chi connectivity index (χ1) is 14.6. The molecule has 2 N–H and O–H groups in total. The third-order valence-corrected chi connectivity index (χ3v) is 6.86. The van der Waals surface area contributed by atoms with Gasteiger partial charge in [-0.05, 0) is 43.2 Å². The number of benzene rings is 2. The molecular weight excluding hydrogens is 422 g/mol. The average Bonchev–Trinajstić information content (AvgIpc) is 2.73. The standard InChI is InChI=1S/C21H25N3O6S/c1-13-9-17-18(30-14(2)21(26)23-17)10-19(13)31(27,28)24(3)12-20(25)22-11-15-5-7-16(29-4)8-6-15/h5-10,14H,11-12H2,1-4H3,(H,22,25)(H,23,26). The number of amides is 2. The van der Waals surface area contributed by atoms with E-state index in [2.05, 4.69) is 10.6 Å². The Morgan fingerprint density at radius 1 is 1.26 bits per heavy atom. The van der Waals surface area contributed by atoms with Crippen LogP contribution in [0.4, 0.5) is 5.69 Å². The van der Waals surface area contributed by atoms with Gasteiger partial charge >= 0.3 is 0 Å². The van der Waals surface area contributed by atoms with E-state index < -0.39 is 22.0 Å². The molecule has 166 valence electrons. The molecule has 2 aromatic carbocycles. The minimum absolute atomic E-state index is 0.0139. The number of ether oxygens (including phenoxy) is 2. The second-order valence-corrected chi connectivity index (χ2v) is 9.26. The van der Waals surface area contributed by atoms with Crippen LogP contribution < -0.4 is 20.1 Å². The van der Waals surface area contributed by atoms with E-state index in [1.54, 1.807) is 39.2 Å². The van der Waals surface area contributed by atoms with E-state index in [1.807, 2.05) is 12.1 Å². The van der Waals surface area contributed by atoms with E-state index in [-0.39, 0.29) is 29.6 Å². The van der Waals surface area contributed by atoms with Crippen molar-refractivity contribution in [1.29, 1.82) is 0 Å². The molecule has 0 radical (unpaired) electrons. The molecule has 1 atom stereocenters. The maximum atomic E-state index is 13.1. The summed E-state index contributed by atoms with van der Waals surface area (Å²) in [7, 11) is -1.05. The Morgan fingerprint density at radius 3 is 2.58 bits per heavy atom. The molecule has 1 heterocycles. The van der Waals surface area contributed by atoms with Crippen LogP contribution in [0.3, 0.4) is 0 Å². The number of hydrogen-bond donors (Lipinski definition) is 2. The molecule has 0 aliphatic carbocycles. The van der Waals surface area contributed by atoms with Crippen molar-refractivity contribution < 1.29 is 27.5 Å². The first kappa shape index (κ1) is 22.6. The fourth-order valence-corrected chi connectivity index (χ4v) is 4.42. The number of likely N-dealkylation sites (N-methyl/N-ethyl adjacent to an activating group) is 1. The van der Waals surface area contributed by atoms with Crippen LogP contribution in [0.1, 0.15) is 18.1 Å². The molecule has 0 saturated carbocycles. The van der Waals surface area contributed by atoms with E-state index >= 15 is 0 Å². The van der Waals surface area contributed by atoms with Gasteiger partial charge < -0.3 is 20.1 Å². The number of hydrogen-bond acceptors (Lipinski definition) is 6. The summed E-state index contributed by atoms with van der Waals surface area (Å²) in [5.74, 6) is 0.246. The molecule has 2 aromatic rings. The molecule has 1 aliphatic heterocycles. The zero-order chi connectivity index (χ0) is 22.8. The first-order valence-corrected chi connectivity index (χ1v) is 11.0. The summed E-state index contributed by atoms with van der Waals surface area (Å²) < 4.78 is 37.7. The van der Waals surface area contributed by atoms with Gasteiger partial charge in [-0.3, -0.25) is 9.59 Å². The van der Waals surface area contributed by atoms with Crippen LogP contribution in [0.25, 0.3) is 0 Å². The molecule has 9 nitrogen and oxygen atoms in total. The predicted octanol–water partition coefficient (Wildman–Crippen LogP) is 1.66. The van der Waals surface area contributed by atoms with Crippen molar-refractivity contribution in [1.82, 2.24) is 9.62 Å². The van der Waals surface area contributed by atoms with E-state index in [0.717, 1.165) is 9.87 Å². The number of rotatable bonds is 7. The molecule has 0 spiro atoms. The van der Waals surface area contributed by atoms with Crippen molar-refractivity contribution in [3.05, 3.63) is 47.5 Å². The minimum Gasteiger partial charge on any atom is -0.497 e. The highest BCUT2D eigenvalue weighted by Gasteiger charge is 2.30. The second-order valence-electron chi connectivity index (χ2n) is 7.25. The number of anilines is 1. The van der Waals surface area contributed by atoms with E-state index in [0.29, 0.717) is 17.0 Å². The number of fused-ring (bicyclic) bond motifs is 1. The Morgan fingerprint density at radius 2 is 1.94 bits per heavy atom. The van der Waals surface area contributed by atoms with Gasteiger partial charge in [0.1, 0.15) is 11.5 Å².